The van der Waals surface area contributed by atoms with Gasteiger partial charge in [-0.25, -0.2) is 4.68 Å². The van der Waals surface area contributed by atoms with E-state index in [2.05, 4.69) is 15.5 Å². The molecule has 0 fully saturated rings. The Balaban J connectivity index is 2.00. The van der Waals surface area contributed by atoms with E-state index in [0.29, 0.717) is 22.7 Å². The molecule has 0 aliphatic carbocycles. The van der Waals surface area contributed by atoms with Crippen molar-refractivity contribution in [1.82, 2.24) is 14.9 Å². The Kier molecular flexibility index (Phi) is 5.77. The van der Waals surface area contributed by atoms with E-state index in [1.807, 2.05) is 6.92 Å². The van der Waals surface area contributed by atoms with Crippen LogP contribution in [0, 0.1) is 0 Å². The molecule has 0 spiro atoms. The van der Waals surface area contributed by atoms with E-state index >= 15 is 0 Å². The summed E-state index contributed by atoms with van der Waals surface area (Å²) in [5, 5.41) is 8.09. The minimum atomic E-state index is -4.71. The lowest BCUT2D eigenvalue weighted by molar-refractivity contribution is -0.146. The van der Waals surface area contributed by atoms with Gasteiger partial charge in [0.15, 0.2) is 0 Å². The zero-order chi connectivity index (χ0) is 18.6. The first-order valence-electron chi connectivity index (χ1n) is 7.20. The standard InChI is InChI=1S/C14H16F3N5O2S/c1-3-24-10-6-4-9(5-7-10)19-11(23)8(2)25-13-21-20-12(22(13)18)14(15,16)17/h4-8H,3,18H2,1-2H3,(H,19,23). The van der Waals surface area contributed by atoms with Gasteiger partial charge in [-0.15, -0.1) is 10.2 Å². The average molecular weight is 375 g/mol. The molecule has 11 heteroatoms. The maximum atomic E-state index is 12.6. The van der Waals surface area contributed by atoms with E-state index in [1.54, 1.807) is 24.3 Å². The number of benzene rings is 1. The number of nitrogen functional groups attached to an aromatic ring is 1. The van der Waals surface area contributed by atoms with Crippen molar-refractivity contribution in [2.24, 2.45) is 0 Å². The monoisotopic (exact) mass is 375 g/mol. The fraction of sp³-hybridized carbons (Fsp3) is 0.357. The maximum Gasteiger partial charge on any atom is 0.453 e. The van der Waals surface area contributed by atoms with Crippen LogP contribution in [0.3, 0.4) is 0 Å². The molecule has 1 aromatic heterocycles. The van der Waals surface area contributed by atoms with Gasteiger partial charge < -0.3 is 15.9 Å². The normalized spacial score (nSPS) is 12.7. The van der Waals surface area contributed by atoms with Crippen LogP contribution in [0.1, 0.15) is 19.7 Å². The van der Waals surface area contributed by atoms with Crippen molar-refractivity contribution in [3.63, 3.8) is 0 Å². The summed E-state index contributed by atoms with van der Waals surface area (Å²) in [5.74, 6) is 4.27. The van der Waals surface area contributed by atoms with E-state index in [-0.39, 0.29) is 5.16 Å². The second-order valence-electron chi connectivity index (χ2n) is 4.88. The lowest BCUT2D eigenvalue weighted by atomic mass is 10.3. The van der Waals surface area contributed by atoms with Gasteiger partial charge in [0.1, 0.15) is 5.75 Å². The predicted molar refractivity (Wildman–Crippen MR) is 86.7 cm³/mol. The number of rotatable bonds is 6. The van der Waals surface area contributed by atoms with Gasteiger partial charge in [0.05, 0.1) is 11.9 Å². The molecule has 1 unspecified atom stereocenters. The summed E-state index contributed by atoms with van der Waals surface area (Å²) < 4.78 is 43.5. The van der Waals surface area contributed by atoms with Gasteiger partial charge in [-0.3, -0.25) is 4.79 Å². The summed E-state index contributed by atoms with van der Waals surface area (Å²) in [6, 6.07) is 6.72. The van der Waals surface area contributed by atoms with Crippen LogP contribution in [0.2, 0.25) is 0 Å². The van der Waals surface area contributed by atoms with Gasteiger partial charge in [0, 0.05) is 5.69 Å². The van der Waals surface area contributed by atoms with Crippen LogP contribution in [0.5, 0.6) is 5.75 Å². The molecule has 0 aliphatic heterocycles. The summed E-state index contributed by atoms with van der Waals surface area (Å²) >= 11 is 0.773. The minimum Gasteiger partial charge on any atom is -0.494 e. The van der Waals surface area contributed by atoms with E-state index in [4.69, 9.17) is 10.6 Å². The van der Waals surface area contributed by atoms with E-state index in [0.717, 1.165) is 11.8 Å². The highest BCUT2D eigenvalue weighted by Crippen LogP contribution is 2.30. The molecule has 2 rings (SSSR count). The summed E-state index contributed by atoms with van der Waals surface area (Å²) in [5.41, 5.74) is 0.533. The smallest absolute Gasteiger partial charge is 0.453 e. The zero-order valence-corrected chi connectivity index (χ0v) is 14.2. The number of hydrogen-bond donors (Lipinski definition) is 2. The lowest BCUT2D eigenvalue weighted by Gasteiger charge is -2.12. The molecule has 25 heavy (non-hydrogen) atoms. The number of nitrogens with one attached hydrogen (secondary N) is 1. The number of nitrogens with zero attached hydrogens (tertiary/aromatic N) is 3. The van der Waals surface area contributed by atoms with Crippen LogP contribution in [0.4, 0.5) is 18.9 Å². The van der Waals surface area contributed by atoms with E-state index in [1.165, 1.54) is 6.92 Å². The summed E-state index contributed by atoms with van der Waals surface area (Å²) in [4.78, 5) is 12.2. The number of halogens is 3. The van der Waals surface area contributed by atoms with Gasteiger partial charge in [-0.05, 0) is 38.1 Å². The number of aromatic nitrogens is 3. The predicted octanol–water partition coefficient (Wildman–Crippen LogP) is 2.53. The number of thioether (sulfide) groups is 1. The van der Waals surface area contributed by atoms with Crippen molar-refractivity contribution in [2.75, 3.05) is 17.8 Å². The average Bonchev–Trinajstić information content (AvgIpc) is 2.90. The van der Waals surface area contributed by atoms with Crippen LogP contribution < -0.4 is 15.9 Å². The van der Waals surface area contributed by atoms with Crippen LogP contribution in [0.25, 0.3) is 0 Å². The Labute approximate surface area is 145 Å². The number of anilines is 1. The molecular weight excluding hydrogens is 359 g/mol. The Bertz CT molecular complexity index is 733. The molecule has 0 saturated heterocycles. The topological polar surface area (TPSA) is 95.1 Å². The second-order valence-corrected chi connectivity index (χ2v) is 6.19. The molecule has 1 atom stereocenters. The summed E-state index contributed by atoms with van der Waals surface area (Å²) in [6.45, 7) is 3.91. The molecule has 0 saturated carbocycles. The third-order valence-electron chi connectivity index (χ3n) is 3.00. The number of carbonyl (C=O) groups is 1. The third kappa shape index (κ3) is 4.78. The maximum absolute atomic E-state index is 12.6. The largest absolute Gasteiger partial charge is 0.494 e. The van der Waals surface area contributed by atoms with Gasteiger partial charge in [-0.1, -0.05) is 11.8 Å². The summed E-state index contributed by atoms with van der Waals surface area (Å²) in [7, 11) is 0. The van der Waals surface area contributed by atoms with Gasteiger partial charge >= 0.3 is 6.18 Å². The first-order chi connectivity index (χ1) is 11.7. The molecule has 1 aromatic carbocycles. The lowest BCUT2D eigenvalue weighted by Crippen LogP contribution is -2.25. The number of alkyl halides is 3. The first kappa shape index (κ1) is 18.9. The van der Waals surface area contributed by atoms with E-state index < -0.39 is 23.2 Å². The molecule has 1 heterocycles. The molecule has 136 valence electrons. The van der Waals surface area contributed by atoms with Gasteiger partial charge in [0.25, 0.3) is 5.82 Å². The number of carbonyl (C=O) groups excluding carboxylic acids is 1. The highest BCUT2D eigenvalue weighted by Gasteiger charge is 2.38. The van der Waals surface area contributed by atoms with Crippen molar-refractivity contribution in [1.29, 1.82) is 0 Å². The molecule has 1 amide bonds. The minimum absolute atomic E-state index is 0.207. The van der Waals surface area contributed by atoms with Crippen molar-refractivity contribution < 1.29 is 22.7 Å². The van der Waals surface area contributed by atoms with Crippen molar-refractivity contribution >= 4 is 23.4 Å². The molecule has 3 N–H and O–H groups in total. The van der Waals surface area contributed by atoms with Crippen molar-refractivity contribution in [3.8, 4) is 5.75 Å². The third-order valence-corrected chi connectivity index (χ3v) is 4.06. The SMILES string of the molecule is CCOc1ccc(NC(=O)C(C)Sc2nnc(C(F)(F)F)n2N)cc1. The molecule has 0 bridgehead atoms. The van der Waals surface area contributed by atoms with Crippen molar-refractivity contribution in [3.05, 3.63) is 30.1 Å². The number of ether oxygens (including phenoxy) is 1. The van der Waals surface area contributed by atoms with Crippen molar-refractivity contribution in [2.45, 2.75) is 30.4 Å². The second kappa shape index (κ2) is 7.64. The van der Waals surface area contributed by atoms with Crippen LogP contribution in [-0.4, -0.2) is 32.6 Å². The van der Waals surface area contributed by atoms with Crippen LogP contribution in [0.15, 0.2) is 29.4 Å². The number of amides is 1. The zero-order valence-electron chi connectivity index (χ0n) is 13.4. The van der Waals surface area contributed by atoms with Gasteiger partial charge in [0.2, 0.25) is 11.1 Å². The Morgan fingerprint density at radius 1 is 1.36 bits per heavy atom. The van der Waals surface area contributed by atoms with Gasteiger partial charge in [-0.2, -0.15) is 13.2 Å². The van der Waals surface area contributed by atoms with Crippen LogP contribution >= 0.6 is 11.8 Å². The molecule has 2 aromatic rings. The Morgan fingerprint density at radius 3 is 2.52 bits per heavy atom. The highest BCUT2D eigenvalue weighted by atomic mass is 32.2. The molecule has 7 nitrogen and oxygen atoms in total. The highest BCUT2D eigenvalue weighted by molar-refractivity contribution is 8.00. The number of hydrogen-bond acceptors (Lipinski definition) is 6. The molecule has 0 aliphatic rings. The molecule has 0 radical (unpaired) electrons. The van der Waals surface area contributed by atoms with E-state index in [9.17, 15) is 18.0 Å². The summed E-state index contributed by atoms with van der Waals surface area (Å²) in [6.07, 6.45) is -4.71. The first-order valence-corrected chi connectivity index (χ1v) is 8.08. The Morgan fingerprint density at radius 2 is 2.00 bits per heavy atom. The quantitative estimate of drug-likeness (QED) is 0.595. The molecular formula is C14H16F3N5O2S. The van der Waals surface area contributed by atoms with Crippen LogP contribution in [-0.2, 0) is 11.0 Å². The fourth-order valence-electron chi connectivity index (χ4n) is 1.81. The Hall–Kier alpha value is -2.43. The fourth-order valence-corrected chi connectivity index (χ4v) is 2.58. The number of nitrogens with two attached hydrogens (primary N) is 1.